The van der Waals surface area contributed by atoms with E-state index in [-0.39, 0.29) is 0 Å². The zero-order valence-electron chi connectivity index (χ0n) is 13.6. The highest BCUT2D eigenvalue weighted by Crippen LogP contribution is 2.38. The zero-order valence-corrected chi connectivity index (χ0v) is 13.6. The molecule has 3 nitrogen and oxygen atoms in total. The van der Waals surface area contributed by atoms with Crippen LogP contribution in [0, 0.1) is 5.41 Å². The fourth-order valence-electron chi connectivity index (χ4n) is 2.76. The molecule has 0 aliphatic carbocycles. The fraction of sp³-hybridized carbons (Fsp3) is 0.500. The Bertz CT molecular complexity index is 511. The number of hydrogen-bond donors (Lipinski definition) is 1. The highest BCUT2D eigenvalue weighted by Gasteiger charge is 2.48. The normalized spacial score (nSPS) is 21.9. The molecule has 114 valence electrons. The lowest BCUT2D eigenvalue weighted by atomic mass is 9.74. The quantitative estimate of drug-likeness (QED) is 0.599. The third-order valence-electron chi connectivity index (χ3n) is 4.57. The number of rotatable bonds is 6. The second kappa shape index (κ2) is 6.44. The van der Waals surface area contributed by atoms with Crippen molar-refractivity contribution in [3.63, 3.8) is 0 Å². The van der Waals surface area contributed by atoms with E-state index in [2.05, 4.69) is 61.4 Å². The third kappa shape index (κ3) is 3.35. The average Bonchev–Trinajstić information content (AvgIpc) is 2.39. The maximum atomic E-state index is 4.26. The minimum absolute atomic E-state index is 0.497. The van der Waals surface area contributed by atoms with Gasteiger partial charge in [0, 0.05) is 31.6 Å². The first-order chi connectivity index (χ1) is 10.0. The van der Waals surface area contributed by atoms with Gasteiger partial charge in [-0.1, -0.05) is 31.2 Å². The Hall–Kier alpha value is -1.61. The summed E-state index contributed by atoms with van der Waals surface area (Å²) in [6, 6.07) is 0. The van der Waals surface area contributed by atoms with E-state index in [9.17, 15) is 0 Å². The first-order valence-electron chi connectivity index (χ1n) is 7.67. The molecule has 0 radical (unpaired) electrons. The van der Waals surface area contributed by atoms with Gasteiger partial charge in [0.2, 0.25) is 0 Å². The van der Waals surface area contributed by atoms with E-state index in [1.54, 1.807) is 0 Å². The van der Waals surface area contributed by atoms with Crippen molar-refractivity contribution in [2.24, 2.45) is 10.4 Å². The summed E-state index contributed by atoms with van der Waals surface area (Å²) >= 11 is 0. The Labute approximate surface area is 128 Å². The largest absolute Gasteiger partial charge is 0.368 e. The van der Waals surface area contributed by atoms with Crippen LogP contribution in [0.4, 0.5) is 0 Å². The molecule has 2 fully saturated rings. The van der Waals surface area contributed by atoms with Crippen molar-refractivity contribution in [3.8, 4) is 0 Å². The molecule has 2 aliphatic rings. The minimum Gasteiger partial charge on any atom is -0.368 e. The monoisotopic (exact) mass is 285 g/mol. The molecule has 0 atom stereocenters. The standard InChI is InChI=1S/C18H27N3/c1-6-14(2)7-8-15(3)16(4)17(9-19-5)21-12-18(13-21)10-20-11-18/h7-9,20H,4-6,10-13H2,1-3H3/b14-7+,15-8+,17-9+. The summed E-state index contributed by atoms with van der Waals surface area (Å²) in [4.78, 5) is 6.34. The second-order valence-electron chi connectivity index (χ2n) is 6.35. The molecule has 3 heteroatoms. The van der Waals surface area contributed by atoms with Crippen LogP contribution in [0.25, 0.3) is 0 Å². The Morgan fingerprint density at radius 1 is 1.29 bits per heavy atom. The molecule has 0 bridgehead atoms. The lowest BCUT2D eigenvalue weighted by Gasteiger charge is -2.57. The van der Waals surface area contributed by atoms with Crippen molar-refractivity contribution in [1.82, 2.24) is 10.2 Å². The number of nitrogens with one attached hydrogen (secondary N) is 1. The van der Waals surface area contributed by atoms with Crippen LogP contribution in [0.1, 0.15) is 27.2 Å². The molecule has 0 unspecified atom stereocenters. The molecule has 2 saturated heterocycles. The Balaban J connectivity index is 2.06. The minimum atomic E-state index is 0.497. The lowest BCUT2D eigenvalue weighted by molar-refractivity contribution is -0.0146. The molecule has 0 saturated carbocycles. The van der Waals surface area contributed by atoms with Crippen LogP contribution in [-0.2, 0) is 0 Å². The van der Waals surface area contributed by atoms with E-state index in [1.165, 1.54) is 11.1 Å². The molecule has 0 aromatic heterocycles. The Kier molecular flexibility index (Phi) is 4.84. The molecular formula is C18H27N3. The van der Waals surface area contributed by atoms with E-state index in [0.29, 0.717) is 5.41 Å². The molecular weight excluding hydrogens is 258 g/mol. The summed E-state index contributed by atoms with van der Waals surface area (Å²) in [5.74, 6) is 0. The Morgan fingerprint density at radius 3 is 2.43 bits per heavy atom. The maximum absolute atomic E-state index is 4.26. The molecule has 21 heavy (non-hydrogen) atoms. The number of allylic oxidation sites excluding steroid dienone is 4. The van der Waals surface area contributed by atoms with Crippen LogP contribution in [0.5, 0.6) is 0 Å². The van der Waals surface area contributed by atoms with E-state index in [1.807, 2.05) is 6.20 Å². The molecule has 2 rings (SSSR count). The van der Waals surface area contributed by atoms with Gasteiger partial charge in [0.1, 0.15) is 0 Å². The van der Waals surface area contributed by atoms with Gasteiger partial charge in [-0.3, -0.25) is 4.99 Å². The molecule has 0 aromatic rings. The van der Waals surface area contributed by atoms with E-state index in [0.717, 1.165) is 43.9 Å². The fourth-order valence-corrected chi connectivity index (χ4v) is 2.76. The SMILES string of the molecule is C=N/C=C(\C(=C)/C(C)=C/C=C(\C)CC)N1CC2(CNC2)C1. The maximum Gasteiger partial charge on any atom is 0.0622 e. The topological polar surface area (TPSA) is 27.6 Å². The van der Waals surface area contributed by atoms with Crippen LogP contribution in [0.2, 0.25) is 0 Å². The van der Waals surface area contributed by atoms with Crippen molar-refractivity contribution < 1.29 is 0 Å². The summed E-state index contributed by atoms with van der Waals surface area (Å²) in [5.41, 5.74) is 5.21. The molecule has 2 aliphatic heterocycles. The zero-order chi connectivity index (χ0) is 15.5. The van der Waals surface area contributed by atoms with Crippen LogP contribution >= 0.6 is 0 Å². The van der Waals surface area contributed by atoms with Crippen LogP contribution in [0.15, 0.2) is 52.3 Å². The van der Waals surface area contributed by atoms with Gasteiger partial charge in [0.25, 0.3) is 0 Å². The van der Waals surface area contributed by atoms with E-state index in [4.69, 9.17) is 0 Å². The van der Waals surface area contributed by atoms with Crippen LogP contribution in [-0.4, -0.2) is 37.8 Å². The second-order valence-corrected chi connectivity index (χ2v) is 6.35. The predicted octanol–water partition coefficient (Wildman–Crippen LogP) is 3.29. The molecule has 0 amide bonds. The summed E-state index contributed by atoms with van der Waals surface area (Å²) in [6.07, 6.45) is 7.25. The van der Waals surface area contributed by atoms with Crippen LogP contribution < -0.4 is 5.32 Å². The van der Waals surface area contributed by atoms with Crippen molar-refractivity contribution >= 4 is 6.72 Å². The van der Waals surface area contributed by atoms with Gasteiger partial charge in [-0.15, -0.1) is 0 Å². The van der Waals surface area contributed by atoms with E-state index >= 15 is 0 Å². The van der Waals surface area contributed by atoms with Crippen molar-refractivity contribution in [2.75, 3.05) is 26.2 Å². The number of hydrogen-bond acceptors (Lipinski definition) is 3. The summed E-state index contributed by atoms with van der Waals surface area (Å²) in [7, 11) is 0. The highest BCUT2D eigenvalue weighted by atomic mass is 15.3. The van der Waals surface area contributed by atoms with Crippen molar-refractivity contribution in [3.05, 3.63) is 47.3 Å². The third-order valence-corrected chi connectivity index (χ3v) is 4.57. The average molecular weight is 285 g/mol. The van der Waals surface area contributed by atoms with Gasteiger partial charge in [0.05, 0.1) is 11.9 Å². The smallest absolute Gasteiger partial charge is 0.0622 e. The Morgan fingerprint density at radius 2 is 1.95 bits per heavy atom. The number of nitrogens with zero attached hydrogens (tertiary/aromatic N) is 2. The summed E-state index contributed by atoms with van der Waals surface area (Å²) < 4.78 is 0. The van der Waals surface area contributed by atoms with Gasteiger partial charge in [-0.05, 0) is 38.1 Å². The van der Waals surface area contributed by atoms with Gasteiger partial charge >= 0.3 is 0 Å². The summed E-state index contributed by atoms with van der Waals surface area (Å²) in [6.45, 7) is 18.8. The lowest BCUT2D eigenvalue weighted by Crippen LogP contribution is -2.70. The molecule has 1 N–H and O–H groups in total. The van der Waals surface area contributed by atoms with Gasteiger partial charge in [0.15, 0.2) is 0 Å². The van der Waals surface area contributed by atoms with E-state index < -0.39 is 0 Å². The summed E-state index contributed by atoms with van der Waals surface area (Å²) in [5, 5.41) is 3.36. The van der Waals surface area contributed by atoms with Crippen molar-refractivity contribution in [1.29, 1.82) is 0 Å². The van der Waals surface area contributed by atoms with Crippen molar-refractivity contribution in [2.45, 2.75) is 27.2 Å². The number of aliphatic imine (C=N–C) groups is 1. The number of likely N-dealkylation sites (tertiary alicyclic amines) is 1. The first-order valence-corrected chi connectivity index (χ1v) is 7.67. The molecule has 1 spiro atoms. The highest BCUT2D eigenvalue weighted by molar-refractivity contribution is 5.46. The predicted molar refractivity (Wildman–Crippen MR) is 91.5 cm³/mol. The van der Waals surface area contributed by atoms with Crippen LogP contribution in [0.3, 0.4) is 0 Å². The van der Waals surface area contributed by atoms with Gasteiger partial charge in [-0.25, -0.2) is 0 Å². The van der Waals surface area contributed by atoms with Gasteiger partial charge < -0.3 is 10.2 Å². The van der Waals surface area contributed by atoms with Gasteiger partial charge in [-0.2, -0.15) is 0 Å². The molecule has 0 aromatic carbocycles. The first kappa shape index (κ1) is 15.8. The molecule has 2 heterocycles.